The molecule has 1 aromatic rings. The van der Waals surface area contributed by atoms with E-state index in [9.17, 15) is 0 Å². The van der Waals surface area contributed by atoms with Gasteiger partial charge in [-0.25, -0.2) is 4.98 Å². The third kappa shape index (κ3) is 1.99. The van der Waals surface area contributed by atoms with E-state index < -0.39 is 0 Å². The van der Waals surface area contributed by atoms with Gasteiger partial charge in [0.1, 0.15) is 4.60 Å². The molecule has 0 aromatic carbocycles. The maximum atomic E-state index is 4.09. The topological polar surface area (TPSA) is 12.9 Å². The van der Waals surface area contributed by atoms with Crippen LogP contribution in [0.15, 0.2) is 22.9 Å². The molecule has 0 fully saturated rings. The van der Waals surface area contributed by atoms with Crippen LogP contribution in [0.1, 0.15) is 5.56 Å². The Balaban J connectivity index is 2.88. The lowest BCUT2D eigenvalue weighted by molar-refractivity contribution is 1.22. The summed E-state index contributed by atoms with van der Waals surface area (Å²) in [7, 11) is 0. The first-order chi connectivity index (χ1) is 4.33. The summed E-state index contributed by atoms with van der Waals surface area (Å²) in [5.41, 5.74) is 1.14. The highest BCUT2D eigenvalue weighted by atomic mass is 79.9. The Morgan fingerprint density at radius 3 is 2.78 bits per heavy atom. The van der Waals surface area contributed by atoms with Gasteiger partial charge in [-0.05, 0) is 27.6 Å². The Morgan fingerprint density at radius 2 is 2.33 bits per heavy atom. The molecule has 0 bridgehead atoms. The fourth-order valence-corrected chi connectivity index (χ4v) is 0.922. The minimum atomic E-state index is 0.750. The van der Waals surface area contributed by atoms with Crippen molar-refractivity contribution in [2.45, 2.75) is 5.75 Å². The van der Waals surface area contributed by atoms with Crippen molar-refractivity contribution >= 4 is 28.6 Å². The van der Waals surface area contributed by atoms with E-state index in [0.717, 1.165) is 15.9 Å². The van der Waals surface area contributed by atoms with Gasteiger partial charge < -0.3 is 0 Å². The zero-order chi connectivity index (χ0) is 6.69. The fraction of sp³-hybridized carbons (Fsp3) is 0.167. The lowest BCUT2D eigenvalue weighted by Gasteiger charge is -1.92. The predicted molar refractivity (Wildman–Crippen MR) is 44.6 cm³/mol. The highest BCUT2D eigenvalue weighted by Gasteiger charge is 1.87. The lowest BCUT2D eigenvalue weighted by atomic mass is 10.3. The molecule has 3 heteroatoms. The van der Waals surface area contributed by atoms with Gasteiger partial charge in [-0.15, -0.1) is 0 Å². The summed E-state index contributed by atoms with van der Waals surface area (Å²) in [6.07, 6.45) is 1.80. The standard InChI is InChI=1S/C6H6BrNS/c7-6-2-1-5(4-9)3-8-6/h1-3,9H,4H2. The van der Waals surface area contributed by atoms with E-state index in [1.54, 1.807) is 6.20 Å². The smallest absolute Gasteiger partial charge is 0.106 e. The molecule has 0 atom stereocenters. The van der Waals surface area contributed by atoms with E-state index >= 15 is 0 Å². The van der Waals surface area contributed by atoms with E-state index in [4.69, 9.17) is 0 Å². The van der Waals surface area contributed by atoms with Gasteiger partial charge in [0.25, 0.3) is 0 Å². The average Bonchev–Trinajstić information content (AvgIpc) is 1.90. The lowest BCUT2D eigenvalue weighted by Crippen LogP contribution is -1.79. The zero-order valence-electron chi connectivity index (χ0n) is 4.71. The maximum Gasteiger partial charge on any atom is 0.106 e. The van der Waals surface area contributed by atoms with Crippen LogP contribution in [0.25, 0.3) is 0 Å². The molecule has 1 nitrogen and oxygen atoms in total. The van der Waals surface area contributed by atoms with Gasteiger partial charge in [0, 0.05) is 11.9 Å². The summed E-state index contributed by atoms with van der Waals surface area (Å²) in [6.45, 7) is 0. The first kappa shape index (κ1) is 7.09. The molecule has 0 aliphatic rings. The molecule has 0 radical (unpaired) electrons. The Bertz CT molecular complexity index is 185. The molecule has 1 aromatic heterocycles. The van der Waals surface area contributed by atoms with Gasteiger partial charge in [-0.3, -0.25) is 0 Å². The normalized spacial score (nSPS) is 9.56. The predicted octanol–water partition coefficient (Wildman–Crippen LogP) is 2.27. The van der Waals surface area contributed by atoms with Gasteiger partial charge in [0.05, 0.1) is 0 Å². The van der Waals surface area contributed by atoms with Gasteiger partial charge >= 0.3 is 0 Å². The number of rotatable bonds is 1. The molecule has 0 N–H and O–H groups in total. The molecule has 9 heavy (non-hydrogen) atoms. The number of pyridine rings is 1. The van der Waals surface area contributed by atoms with Crippen LogP contribution in [0, 0.1) is 0 Å². The highest BCUT2D eigenvalue weighted by Crippen LogP contribution is 2.07. The molecular formula is C6H6BrNS. The molecule has 0 amide bonds. The molecular weight excluding hydrogens is 198 g/mol. The summed E-state index contributed by atoms with van der Waals surface area (Å²) in [4.78, 5) is 4.02. The summed E-state index contributed by atoms with van der Waals surface area (Å²) in [5, 5.41) is 0. The van der Waals surface area contributed by atoms with Gasteiger partial charge in [0.2, 0.25) is 0 Å². The van der Waals surface area contributed by atoms with Crippen molar-refractivity contribution in [2.75, 3.05) is 0 Å². The second kappa shape index (κ2) is 3.22. The van der Waals surface area contributed by atoms with Crippen LogP contribution >= 0.6 is 28.6 Å². The minimum Gasteiger partial charge on any atom is -0.249 e. The zero-order valence-corrected chi connectivity index (χ0v) is 7.19. The molecule has 0 saturated carbocycles. The van der Waals surface area contributed by atoms with Crippen LogP contribution in [-0.4, -0.2) is 4.98 Å². The van der Waals surface area contributed by atoms with E-state index in [1.165, 1.54) is 0 Å². The van der Waals surface area contributed by atoms with Crippen molar-refractivity contribution in [1.29, 1.82) is 0 Å². The molecule has 0 saturated heterocycles. The monoisotopic (exact) mass is 203 g/mol. The van der Waals surface area contributed by atoms with Crippen LogP contribution < -0.4 is 0 Å². The molecule has 1 heterocycles. The van der Waals surface area contributed by atoms with Gasteiger partial charge in [-0.2, -0.15) is 12.6 Å². The van der Waals surface area contributed by atoms with Gasteiger partial charge in [0.15, 0.2) is 0 Å². The number of aromatic nitrogens is 1. The largest absolute Gasteiger partial charge is 0.249 e. The summed E-state index contributed by atoms with van der Waals surface area (Å²) < 4.78 is 0.869. The second-order valence-corrected chi connectivity index (χ2v) is 2.78. The van der Waals surface area contributed by atoms with Crippen molar-refractivity contribution in [3.63, 3.8) is 0 Å². The third-order valence-corrected chi connectivity index (χ3v) is 1.81. The molecule has 1 rings (SSSR count). The average molecular weight is 204 g/mol. The van der Waals surface area contributed by atoms with Crippen molar-refractivity contribution in [3.8, 4) is 0 Å². The Hall–Kier alpha value is -0.0200. The minimum absolute atomic E-state index is 0.750. The number of halogens is 1. The van der Waals surface area contributed by atoms with Crippen molar-refractivity contribution < 1.29 is 0 Å². The highest BCUT2D eigenvalue weighted by molar-refractivity contribution is 9.10. The second-order valence-electron chi connectivity index (χ2n) is 1.65. The molecule has 48 valence electrons. The SMILES string of the molecule is SCc1ccc(Br)nc1. The van der Waals surface area contributed by atoms with Crippen LogP contribution in [-0.2, 0) is 5.75 Å². The first-order valence-corrected chi connectivity index (χ1v) is 3.97. The van der Waals surface area contributed by atoms with Crippen LogP contribution in [0.2, 0.25) is 0 Å². The van der Waals surface area contributed by atoms with Crippen LogP contribution in [0.3, 0.4) is 0 Å². The number of thiol groups is 1. The molecule has 0 aliphatic heterocycles. The van der Waals surface area contributed by atoms with E-state index in [0.29, 0.717) is 0 Å². The summed E-state index contributed by atoms with van der Waals surface area (Å²) in [6, 6.07) is 3.90. The number of nitrogens with zero attached hydrogens (tertiary/aromatic N) is 1. The van der Waals surface area contributed by atoms with Crippen LogP contribution in [0.5, 0.6) is 0 Å². The summed E-state index contributed by atoms with van der Waals surface area (Å²) >= 11 is 7.33. The first-order valence-electron chi connectivity index (χ1n) is 2.54. The van der Waals surface area contributed by atoms with Crippen molar-refractivity contribution in [2.24, 2.45) is 0 Å². The number of hydrogen-bond donors (Lipinski definition) is 1. The third-order valence-electron chi connectivity index (χ3n) is 0.971. The molecule has 0 unspecified atom stereocenters. The Labute approximate surface area is 68.0 Å². The van der Waals surface area contributed by atoms with Crippen molar-refractivity contribution in [1.82, 2.24) is 4.98 Å². The number of hydrogen-bond acceptors (Lipinski definition) is 2. The summed E-state index contributed by atoms with van der Waals surface area (Å²) in [5.74, 6) is 0.750. The molecule has 0 spiro atoms. The van der Waals surface area contributed by atoms with Crippen LogP contribution in [0.4, 0.5) is 0 Å². The maximum absolute atomic E-state index is 4.09. The quantitative estimate of drug-likeness (QED) is 0.546. The Kier molecular flexibility index (Phi) is 2.54. The van der Waals surface area contributed by atoms with E-state index in [-0.39, 0.29) is 0 Å². The fourth-order valence-electron chi connectivity index (χ4n) is 0.500. The van der Waals surface area contributed by atoms with E-state index in [1.807, 2.05) is 12.1 Å². The van der Waals surface area contributed by atoms with E-state index in [2.05, 4.69) is 33.5 Å². The van der Waals surface area contributed by atoms with Gasteiger partial charge in [-0.1, -0.05) is 6.07 Å². The Morgan fingerprint density at radius 1 is 1.56 bits per heavy atom. The van der Waals surface area contributed by atoms with Crippen molar-refractivity contribution in [3.05, 3.63) is 28.5 Å². The molecule has 0 aliphatic carbocycles.